The topological polar surface area (TPSA) is 99.4 Å². The molecular weight excluding hydrogens is 288 g/mol. The van der Waals surface area contributed by atoms with Gasteiger partial charge in [-0.25, -0.2) is 0 Å². The van der Waals surface area contributed by atoms with Gasteiger partial charge in [-0.2, -0.15) is 0 Å². The summed E-state index contributed by atoms with van der Waals surface area (Å²) in [6.07, 6.45) is 2.56. The molecule has 2 fully saturated rings. The van der Waals surface area contributed by atoms with Crippen molar-refractivity contribution in [1.29, 1.82) is 0 Å². The van der Waals surface area contributed by atoms with Gasteiger partial charge in [-0.3, -0.25) is 0 Å². The van der Waals surface area contributed by atoms with E-state index in [9.17, 15) is 20.4 Å². The summed E-state index contributed by atoms with van der Waals surface area (Å²) in [7, 11) is 0. The highest BCUT2D eigenvalue weighted by molar-refractivity contribution is 4.97. The molecule has 22 heavy (non-hydrogen) atoms. The predicted octanol–water partition coefficient (Wildman–Crippen LogP) is 0.696. The van der Waals surface area contributed by atoms with Crippen LogP contribution in [0.3, 0.4) is 0 Å². The number of rotatable bonds is 6. The van der Waals surface area contributed by atoms with Crippen LogP contribution in [0.5, 0.6) is 0 Å². The lowest BCUT2D eigenvalue weighted by Gasteiger charge is -2.48. The van der Waals surface area contributed by atoms with Crippen LogP contribution in [0.25, 0.3) is 0 Å². The van der Waals surface area contributed by atoms with Crippen molar-refractivity contribution in [3.8, 4) is 0 Å². The fraction of sp³-hybridized carbons (Fsp3) is 1.00. The molecule has 1 aliphatic carbocycles. The summed E-state index contributed by atoms with van der Waals surface area (Å²) in [5.41, 5.74) is 0. The predicted molar refractivity (Wildman–Crippen MR) is 80.2 cm³/mol. The first-order valence-corrected chi connectivity index (χ1v) is 8.54. The Morgan fingerprint density at radius 2 is 1.86 bits per heavy atom. The van der Waals surface area contributed by atoms with Crippen molar-refractivity contribution in [2.24, 2.45) is 0 Å². The van der Waals surface area contributed by atoms with E-state index in [0.717, 1.165) is 32.1 Å². The molecule has 0 aromatic rings. The van der Waals surface area contributed by atoms with Crippen LogP contribution in [-0.4, -0.2) is 63.3 Å². The largest absolute Gasteiger partial charge is 0.394 e. The average Bonchev–Trinajstić information content (AvgIpc) is 2.54. The van der Waals surface area contributed by atoms with Crippen LogP contribution in [0.2, 0.25) is 0 Å². The van der Waals surface area contributed by atoms with Crippen LogP contribution in [0, 0.1) is 0 Å². The molecule has 1 heterocycles. The minimum atomic E-state index is -1.82. The Balaban J connectivity index is 2.04. The fourth-order valence-corrected chi connectivity index (χ4v) is 3.43. The van der Waals surface area contributed by atoms with E-state index in [0.29, 0.717) is 6.42 Å². The molecule has 6 nitrogen and oxygen atoms in total. The maximum atomic E-state index is 10.5. The van der Waals surface area contributed by atoms with Crippen LogP contribution in [-0.2, 0) is 9.47 Å². The molecule has 2 rings (SSSR count). The van der Waals surface area contributed by atoms with Gasteiger partial charge in [-0.05, 0) is 19.3 Å². The molecule has 1 saturated carbocycles. The van der Waals surface area contributed by atoms with Crippen molar-refractivity contribution in [2.45, 2.75) is 94.6 Å². The first-order chi connectivity index (χ1) is 10.5. The second-order valence-corrected chi connectivity index (χ2v) is 6.58. The van der Waals surface area contributed by atoms with E-state index in [-0.39, 0.29) is 19.1 Å². The van der Waals surface area contributed by atoms with Crippen molar-refractivity contribution in [3.63, 3.8) is 0 Å². The van der Waals surface area contributed by atoms with Gasteiger partial charge in [0.25, 0.3) is 0 Å². The molecule has 130 valence electrons. The maximum absolute atomic E-state index is 10.5. The fourth-order valence-electron chi connectivity index (χ4n) is 3.43. The molecule has 0 radical (unpaired) electrons. The zero-order valence-corrected chi connectivity index (χ0v) is 13.4. The van der Waals surface area contributed by atoms with Crippen LogP contribution >= 0.6 is 0 Å². The summed E-state index contributed by atoms with van der Waals surface area (Å²) in [4.78, 5) is 0. The quantitative estimate of drug-likeness (QED) is 0.575. The Bertz CT molecular complexity index is 331. The summed E-state index contributed by atoms with van der Waals surface area (Å²) < 4.78 is 11.4. The number of aliphatic hydroxyl groups is 4. The molecule has 6 heteroatoms. The van der Waals surface area contributed by atoms with E-state index >= 15 is 0 Å². The smallest absolute Gasteiger partial charge is 0.195 e. The Kier molecular flexibility index (Phi) is 6.61. The van der Waals surface area contributed by atoms with Crippen molar-refractivity contribution in [2.75, 3.05) is 6.61 Å². The number of hydrogen-bond acceptors (Lipinski definition) is 6. The maximum Gasteiger partial charge on any atom is 0.195 e. The molecule has 0 bridgehead atoms. The van der Waals surface area contributed by atoms with Crippen molar-refractivity contribution < 1.29 is 29.9 Å². The van der Waals surface area contributed by atoms with Gasteiger partial charge in [0.15, 0.2) is 5.79 Å². The molecule has 1 aliphatic heterocycles. The van der Waals surface area contributed by atoms with E-state index in [1.165, 1.54) is 6.42 Å². The third-order valence-corrected chi connectivity index (χ3v) is 4.81. The van der Waals surface area contributed by atoms with Crippen molar-refractivity contribution in [3.05, 3.63) is 0 Å². The van der Waals surface area contributed by atoms with Gasteiger partial charge in [0.2, 0.25) is 0 Å². The second kappa shape index (κ2) is 8.04. The average molecular weight is 318 g/mol. The number of ether oxygens (including phenoxy) is 2. The van der Waals surface area contributed by atoms with Gasteiger partial charge < -0.3 is 29.9 Å². The number of hydrogen-bond donors (Lipinski definition) is 4. The standard InChI is InChI=1S/C16H30O6/c1-2-3-9-16(20)15(19)13(18)14(12(10-17)22-16)21-11-7-5-4-6-8-11/h11-15,17-20H,2-10H2,1H3/t12-,13+,14-,15-,16-/m1/s1. The molecule has 0 amide bonds. The highest BCUT2D eigenvalue weighted by Gasteiger charge is 2.53. The van der Waals surface area contributed by atoms with Crippen molar-refractivity contribution in [1.82, 2.24) is 0 Å². The third kappa shape index (κ3) is 3.99. The first-order valence-electron chi connectivity index (χ1n) is 8.54. The zero-order chi connectivity index (χ0) is 16.2. The molecule has 4 N–H and O–H groups in total. The SMILES string of the molecule is CCCC[C@@]1(O)O[C@H](CO)[C@@H](OC2CCCCC2)[C@H](O)[C@H]1O. The van der Waals surface area contributed by atoms with Crippen LogP contribution in [0.15, 0.2) is 0 Å². The number of unbranched alkanes of at least 4 members (excludes halogenated alkanes) is 1. The molecule has 5 atom stereocenters. The zero-order valence-electron chi connectivity index (χ0n) is 13.4. The van der Waals surface area contributed by atoms with E-state index in [4.69, 9.17) is 9.47 Å². The molecule has 1 saturated heterocycles. The summed E-state index contributed by atoms with van der Waals surface area (Å²) in [5, 5.41) is 40.6. The van der Waals surface area contributed by atoms with E-state index in [1.54, 1.807) is 0 Å². The number of aliphatic hydroxyl groups excluding tert-OH is 3. The summed E-state index contributed by atoms with van der Waals surface area (Å²) in [6.45, 7) is 1.60. The molecule has 0 aromatic heterocycles. The summed E-state index contributed by atoms with van der Waals surface area (Å²) in [6, 6.07) is 0. The van der Waals surface area contributed by atoms with E-state index in [2.05, 4.69) is 0 Å². The molecule has 0 spiro atoms. The van der Waals surface area contributed by atoms with Crippen LogP contribution < -0.4 is 0 Å². The third-order valence-electron chi connectivity index (χ3n) is 4.81. The van der Waals surface area contributed by atoms with Gasteiger partial charge in [-0.1, -0.05) is 32.6 Å². The highest BCUT2D eigenvalue weighted by atomic mass is 16.7. The lowest BCUT2D eigenvalue weighted by Crippen LogP contribution is -2.66. The van der Waals surface area contributed by atoms with E-state index in [1.807, 2.05) is 6.92 Å². The molecule has 2 aliphatic rings. The highest BCUT2D eigenvalue weighted by Crippen LogP contribution is 2.35. The Hall–Kier alpha value is -0.240. The summed E-state index contributed by atoms with van der Waals surface area (Å²) >= 11 is 0. The Morgan fingerprint density at radius 3 is 2.45 bits per heavy atom. The van der Waals surface area contributed by atoms with Gasteiger partial charge in [0.1, 0.15) is 24.4 Å². The minimum absolute atomic E-state index is 0.0140. The van der Waals surface area contributed by atoms with Crippen molar-refractivity contribution >= 4 is 0 Å². The lowest BCUT2D eigenvalue weighted by atomic mass is 9.89. The van der Waals surface area contributed by atoms with Gasteiger partial charge in [0, 0.05) is 6.42 Å². The molecular formula is C16H30O6. The normalized spacial score (nSPS) is 40.8. The molecule has 0 unspecified atom stereocenters. The monoisotopic (exact) mass is 318 g/mol. The Morgan fingerprint density at radius 1 is 1.18 bits per heavy atom. The lowest BCUT2D eigenvalue weighted by molar-refractivity contribution is -0.359. The second-order valence-electron chi connectivity index (χ2n) is 6.58. The Labute approximate surface area is 132 Å². The van der Waals surface area contributed by atoms with Gasteiger partial charge in [-0.15, -0.1) is 0 Å². The van der Waals surface area contributed by atoms with E-state index < -0.39 is 30.2 Å². The van der Waals surface area contributed by atoms with Gasteiger partial charge in [0.05, 0.1) is 12.7 Å². The van der Waals surface area contributed by atoms with Gasteiger partial charge >= 0.3 is 0 Å². The van der Waals surface area contributed by atoms with Crippen LogP contribution in [0.4, 0.5) is 0 Å². The van der Waals surface area contributed by atoms with Crippen LogP contribution in [0.1, 0.15) is 58.3 Å². The minimum Gasteiger partial charge on any atom is -0.394 e. The molecule has 0 aromatic carbocycles. The summed E-state index contributed by atoms with van der Waals surface area (Å²) in [5.74, 6) is -1.82. The first kappa shape index (κ1) is 18.1.